The topological polar surface area (TPSA) is 73.7 Å². The number of carbonyl (C=O) groups excluding carboxylic acids is 2. The third-order valence-electron chi connectivity index (χ3n) is 6.10. The van der Waals surface area contributed by atoms with Crippen LogP contribution in [0.25, 0.3) is 0 Å². The number of fused-ring (bicyclic) bond motifs is 1. The fraction of sp³-hybridized carbons (Fsp3) is 0.409. The number of aliphatic hydroxyl groups is 1. The summed E-state index contributed by atoms with van der Waals surface area (Å²) in [6, 6.07) is 13.3. The largest absolute Gasteiger partial charge is 0.393 e. The molecule has 2 fully saturated rings. The van der Waals surface area contributed by atoms with Crippen molar-refractivity contribution in [3.63, 3.8) is 0 Å². The van der Waals surface area contributed by atoms with Gasteiger partial charge in [-0.2, -0.15) is 0 Å². The number of aliphatic hydroxyl groups excluding tert-OH is 1. The van der Waals surface area contributed by atoms with Crippen LogP contribution in [0.5, 0.6) is 0 Å². The zero-order valence-electron chi connectivity index (χ0n) is 15.9. The summed E-state index contributed by atoms with van der Waals surface area (Å²) in [7, 11) is 0. The highest BCUT2D eigenvalue weighted by atomic mass is 16.3. The van der Waals surface area contributed by atoms with Gasteiger partial charge in [0, 0.05) is 56.4 Å². The lowest BCUT2D eigenvalue weighted by Crippen LogP contribution is -2.46. The molecule has 2 aliphatic rings. The minimum Gasteiger partial charge on any atom is -0.393 e. The van der Waals surface area contributed by atoms with Crippen LogP contribution in [0.3, 0.4) is 0 Å². The fourth-order valence-corrected chi connectivity index (χ4v) is 4.74. The highest BCUT2D eigenvalue weighted by molar-refractivity contribution is 5.94. The Morgan fingerprint density at radius 2 is 1.79 bits per heavy atom. The van der Waals surface area contributed by atoms with Crippen molar-refractivity contribution in [1.29, 1.82) is 0 Å². The Morgan fingerprint density at radius 3 is 2.46 bits per heavy atom. The van der Waals surface area contributed by atoms with Crippen molar-refractivity contribution in [2.45, 2.75) is 31.4 Å². The molecular formula is C22H25N3O3. The van der Waals surface area contributed by atoms with E-state index < -0.39 is 6.10 Å². The van der Waals surface area contributed by atoms with Gasteiger partial charge in [-0.3, -0.25) is 14.6 Å². The first-order chi connectivity index (χ1) is 13.6. The van der Waals surface area contributed by atoms with E-state index in [0.29, 0.717) is 31.6 Å². The predicted molar refractivity (Wildman–Crippen MR) is 105 cm³/mol. The Hall–Kier alpha value is -2.73. The van der Waals surface area contributed by atoms with Gasteiger partial charge in [0.15, 0.2) is 0 Å². The highest BCUT2D eigenvalue weighted by Crippen LogP contribution is 2.42. The lowest BCUT2D eigenvalue weighted by molar-refractivity contribution is -0.130. The summed E-state index contributed by atoms with van der Waals surface area (Å²) in [4.78, 5) is 32.9. The molecule has 0 radical (unpaired) electrons. The van der Waals surface area contributed by atoms with Crippen LogP contribution in [0, 0.1) is 5.92 Å². The number of pyridine rings is 1. The van der Waals surface area contributed by atoms with Crippen LogP contribution in [0.2, 0.25) is 0 Å². The molecule has 6 nitrogen and oxygen atoms in total. The van der Waals surface area contributed by atoms with Gasteiger partial charge in [-0.15, -0.1) is 0 Å². The molecule has 2 aromatic rings. The smallest absolute Gasteiger partial charge is 0.254 e. The van der Waals surface area contributed by atoms with Crippen molar-refractivity contribution in [2.75, 3.05) is 19.6 Å². The maximum Gasteiger partial charge on any atom is 0.254 e. The molecule has 0 aliphatic carbocycles. The first-order valence-electron chi connectivity index (χ1n) is 9.76. The molecule has 0 spiro atoms. The Morgan fingerprint density at radius 1 is 1.07 bits per heavy atom. The number of hydrogen-bond acceptors (Lipinski definition) is 4. The van der Waals surface area contributed by atoms with Crippen LogP contribution in [-0.4, -0.2) is 63.5 Å². The Bertz CT molecular complexity index is 843. The molecule has 2 aliphatic heterocycles. The van der Waals surface area contributed by atoms with Crippen molar-refractivity contribution >= 4 is 11.8 Å². The second-order valence-electron chi connectivity index (χ2n) is 7.68. The zero-order valence-corrected chi connectivity index (χ0v) is 15.9. The molecule has 1 aromatic carbocycles. The third-order valence-corrected chi connectivity index (χ3v) is 6.10. The second-order valence-corrected chi connectivity index (χ2v) is 7.68. The summed E-state index contributed by atoms with van der Waals surface area (Å²) < 4.78 is 0. The third kappa shape index (κ3) is 3.40. The molecule has 4 rings (SSSR count). The summed E-state index contributed by atoms with van der Waals surface area (Å²) in [5, 5.41) is 11.0. The summed E-state index contributed by atoms with van der Waals surface area (Å²) in [6.07, 6.45) is 3.15. The van der Waals surface area contributed by atoms with Crippen LogP contribution < -0.4 is 0 Å². The molecule has 3 heterocycles. The Balaban J connectivity index is 1.65. The molecular weight excluding hydrogens is 354 g/mol. The Labute approximate surface area is 164 Å². The van der Waals surface area contributed by atoms with Crippen molar-refractivity contribution in [3.05, 3.63) is 66.0 Å². The van der Waals surface area contributed by atoms with E-state index in [1.54, 1.807) is 36.4 Å². The molecule has 28 heavy (non-hydrogen) atoms. The average molecular weight is 379 g/mol. The SMILES string of the molecule is CC(=O)N1C[C@@H](c2ccccc2)[C@@H]2[C@H](O)CCN(C(=O)c3ccncc3)C[C@H]21. The maximum absolute atomic E-state index is 13.0. The number of likely N-dealkylation sites (tertiary alicyclic amines) is 2. The van der Waals surface area contributed by atoms with Crippen LogP contribution in [0.1, 0.15) is 35.2 Å². The predicted octanol–water partition coefficient (Wildman–Crippen LogP) is 1.92. The van der Waals surface area contributed by atoms with Crippen LogP contribution in [0.15, 0.2) is 54.9 Å². The minimum atomic E-state index is -0.560. The maximum atomic E-state index is 13.0. The molecule has 0 saturated carbocycles. The quantitative estimate of drug-likeness (QED) is 0.865. The molecule has 2 amide bonds. The van der Waals surface area contributed by atoms with Gasteiger partial charge in [-0.1, -0.05) is 30.3 Å². The first-order valence-corrected chi connectivity index (χ1v) is 9.76. The Kier molecular flexibility index (Phi) is 5.13. The van der Waals surface area contributed by atoms with Gasteiger partial charge in [-0.05, 0) is 24.1 Å². The highest BCUT2D eigenvalue weighted by Gasteiger charge is 2.49. The minimum absolute atomic E-state index is 0.0150. The molecule has 0 bridgehead atoms. The van der Waals surface area contributed by atoms with E-state index in [-0.39, 0.29) is 29.7 Å². The standard InChI is InChI=1S/C22H25N3O3/c1-15(26)25-13-18(16-5-3-2-4-6-16)21-19(25)14-24(12-9-20(21)27)22(28)17-7-10-23-11-8-17/h2-8,10-11,18-21,27H,9,12-14H2,1H3/t18-,19+,20+,21-/m0/s1. The molecule has 1 aromatic heterocycles. The van der Waals surface area contributed by atoms with Crippen molar-refractivity contribution in [1.82, 2.24) is 14.8 Å². The van der Waals surface area contributed by atoms with Gasteiger partial charge in [0.25, 0.3) is 5.91 Å². The second kappa shape index (κ2) is 7.72. The zero-order chi connectivity index (χ0) is 19.7. The number of aromatic nitrogens is 1. The van der Waals surface area contributed by atoms with Crippen molar-refractivity contribution in [3.8, 4) is 0 Å². The van der Waals surface area contributed by atoms with E-state index in [2.05, 4.69) is 17.1 Å². The molecule has 0 unspecified atom stereocenters. The van der Waals surface area contributed by atoms with Gasteiger partial charge in [0.2, 0.25) is 5.91 Å². The fourth-order valence-electron chi connectivity index (χ4n) is 4.74. The van der Waals surface area contributed by atoms with E-state index in [4.69, 9.17) is 0 Å². The lowest BCUT2D eigenvalue weighted by Gasteiger charge is -2.31. The van der Waals surface area contributed by atoms with Gasteiger partial charge in [0.05, 0.1) is 12.1 Å². The van der Waals surface area contributed by atoms with Crippen LogP contribution in [0.4, 0.5) is 0 Å². The molecule has 1 N–H and O–H groups in total. The monoisotopic (exact) mass is 379 g/mol. The van der Waals surface area contributed by atoms with Gasteiger partial charge >= 0.3 is 0 Å². The van der Waals surface area contributed by atoms with E-state index >= 15 is 0 Å². The molecule has 2 saturated heterocycles. The molecule has 6 heteroatoms. The van der Waals surface area contributed by atoms with E-state index in [1.807, 2.05) is 23.1 Å². The molecule has 146 valence electrons. The number of amides is 2. The van der Waals surface area contributed by atoms with Crippen LogP contribution >= 0.6 is 0 Å². The average Bonchev–Trinajstić information content (AvgIpc) is 3.02. The summed E-state index contributed by atoms with van der Waals surface area (Å²) in [5.74, 6) is -0.108. The number of benzene rings is 1. The normalized spacial score (nSPS) is 27.2. The first kappa shape index (κ1) is 18.6. The number of hydrogen-bond donors (Lipinski definition) is 1. The van der Waals surface area contributed by atoms with Gasteiger partial charge in [-0.25, -0.2) is 0 Å². The van der Waals surface area contributed by atoms with Gasteiger partial charge < -0.3 is 14.9 Å². The number of rotatable bonds is 2. The summed E-state index contributed by atoms with van der Waals surface area (Å²) in [5.41, 5.74) is 1.71. The van der Waals surface area contributed by atoms with E-state index in [0.717, 1.165) is 5.56 Å². The van der Waals surface area contributed by atoms with Crippen molar-refractivity contribution < 1.29 is 14.7 Å². The number of carbonyl (C=O) groups is 2. The van der Waals surface area contributed by atoms with E-state index in [1.165, 1.54) is 0 Å². The summed E-state index contributed by atoms with van der Waals surface area (Å²) >= 11 is 0. The number of nitrogens with zero attached hydrogens (tertiary/aromatic N) is 3. The lowest BCUT2D eigenvalue weighted by atomic mass is 9.81. The molecule has 4 atom stereocenters. The van der Waals surface area contributed by atoms with Crippen molar-refractivity contribution in [2.24, 2.45) is 5.92 Å². The van der Waals surface area contributed by atoms with E-state index in [9.17, 15) is 14.7 Å². The summed E-state index contributed by atoms with van der Waals surface area (Å²) in [6.45, 7) is 3.05. The van der Waals surface area contributed by atoms with Gasteiger partial charge in [0.1, 0.15) is 0 Å². The van der Waals surface area contributed by atoms with Crippen LogP contribution in [-0.2, 0) is 4.79 Å².